The van der Waals surface area contributed by atoms with E-state index in [-0.39, 0.29) is 35.7 Å². The highest BCUT2D eigenvalue weighted by molar-refractivity contribution is 5.87. The molecule has 0 unspecified atom stereocenters. The summed E-state index contributed by atoms with van der Waals surface area (Å²) in [6, 6.07) is 5.25. The first-order chi connectivity index (χ1) is 17.4. The van der Waals surface area contributed by atoms with Gasteiger partial charge in [0.15, 0.2) is 11.9 Å². The SMILES string of the molecule is N#Cc1c(O[C@@H]2CO[C@H]3[C@@H]2OC[C@H]3O)[nH]c2cc(F)c(-c3c(F)cc(N4CCOCC4)cc3F)nc12. The number of fused-ring (bicyclic) bond motifs is 2. The van der Waals surface area contributed by atoms with Crippen LogP contribution in [0, 0.1) is 28.8 Å². The number of aromatic nitrogens is 2. The standard InChI is InChI=1S/C24H21F3N4O5/c25-13-5-11(31-1-3-33-4-2-31)6-14(26)19(13)21-15(27)7-16-20(30-21)12(8-28)24(29-16)36-18-10-35-22-17(32)9-34-23(18)22/h5-7,17-18,22-23,29,32H,1-4,9-10H2/t17-,18-,22-,23-/m1/s1. The maximum Gasteiger partial charge on any atom is 0.212 e. The highest BCUT2D eigenvalue weighted by Crippen LogP contribution is 2.36. The highest BCUT2D eigenvalue weighted by Gasteiger charge is 2.48. The normalized spacial score (nSPS) is 25.8. The van der Waals surface area contributed by atoms with Crippen molar-refractivity contribution in [3.05, 3.63) is 41.2 Å². The van der Waals surface area contributed by atoms with Gasteiger partial charge in [-0.1, -0.05) is 0 Å². The number of rotatable bonds is 4. The molecular formula is C24H21F3N4O5. The van der Waals surface area contributed by atoms with Crippen molar-refractivity contribution in [3.63, 3.8) is 0 Å². The van der Waals surface area contributed by atoms with Crippen LogP contribution < -0.4 is 9.64 Å². The average Bonchev–Trinajstić information content (AvgIpc) is 3.54. The number of halogens is 3. The molecule has 2 aromatic heterocycles. The lowest BCUT2D eigenvalue weighted by atomic mass is 10.1. The molecule has 188 valence electrons. The number of aliphatic hydroxyl groups is 1. The highest BCUT2D eigenvalue weighted by atomic mass is 19.1. The summed E-state index contributed by atoms with van der Waals surface area (Å²) in [4.78, 5) is 8.71. The number of ether oxygens (including phenoxy) is 4. The molecule has 0 bridgehead atoms. The molecule has 36 heavy (non-hydrogen) atoms. The molecule has 5 heterocycles. The van der Waals surface area contributed by atoms with Gasteiger partial charge in [-0.05, 0) is 12.1 Å². The number of aliphatic hydroxyl groups excluding tert-OH is 1. The van der Waals surface area contributed by atoms with Crippen molar-refractivity contribution in [3.8, 4) is 23.2 Å². The van der Waals surface area contributed by atoms with Crippen molar-refractivity contribution in [2.45, 2.75) is 24.4 Å². The minimum atomic E-state index is -0.973. The Labute approximate surface area is 202 Å². The van der Waals surface area contributed by atoms with E-state index in [1.807, 2.05) is 6.07 Å². The molecule has 0 amide bonds. The second-order valence-corrected chi connectivity index (χ2v) is 8.86. The van der Waals surface area contributed by atoms with Crippen molar-refractivity contribution in [1.82, 2.24) is 9.97 Å². The van der Waals surface area contributed by atoms with Gasteiger partial charge in [0, 0.05) is 24.8 Å². The molecule has 3 aliphatic rings. The van der Waals surface area contributed by atoms with Gasteiger partial charge in [0.05, 0.1) is 37.5 Å². The minimum absolute atomic E-state index is 0.000556. The number of benzene rings is 1. The monoisotopic (exact) mass is 502 g/mol. The number of aromatic amines is 1. The number of nitrogens with one attached hydrogen (secondary N) is 1. The number of H-pyrrole nitrogens is 1. The fraction of sp³-hybridized carbons (Fsp3) is 0.417. The largest absolute Gasteiger partial charge is 0.469 e. The third-order valence-corrected chi connectivity index (χ3v) is 6.69. The first-order valence-electron chi connectivity index (χ1n) is 11.5. The molecule has 0 radical (unpaired) electrons. The maximum atomic E-state index is 15.1. The Morgan fingerprint density at radius 3 is 2.50 bits per heavy atom. The van der Waals surface area contributed by atoms with Crippen LogP contribution in [-0.4, -0.2) is 79.0 Å². The third kappa shape index (κ3) is 3.75. The summed E-state index contributed by atoms with van der Waals surface area (Å²) in [6.07, 6.45) is -2.48. The van der Waals surface area contributed by atoms with Crippen LogP contribution in [0.1, 0.15) is 5.56 Å². The lowest BCUT2D eigenvalue weighted by molar-refractivity contribution is 0.00789. The predicted molar refractivity (Wildman–Crippen MR) is 119 cm³/mol. The third-order valence-electron chi connectivity index (χ3n) is 6.69. The second kappa shape index (κ2) is 8.94. The van der Waals surface area contributed by atoms with E-state index < -0.39 is 53.1 Å². The zero-order valence-electron chi connectivity index (χ0n) is 18.8. The van der Waals surface area contributed by atoms with Gasteiger partial charge in [-0.15, -0.1) is 0 Å². The van der Waals surface area contributed by atoms with Crippen molar-refractivity contribution in [2.24, 2.45) is 0 Å². The number of anilines is 1. The smallest absolute Gasteiger partial charge is 0.212 e. The Bertz CT molecular complexity index is 1350. The summed E-state index contributed by atoms with van der Waals surface area (Å²) >= 11 is 0. The van der Waals surface area contributed by atoms with Gasteiger partial charge in [0.1, 0.15) is 52.8 Å². The van der Waals surface area contributed by atoms with Crippen LogP contribution in [0.25, 0.3) is 22.3 Å². The van der Waals surface area contributed by atoms with Crippen molar-refractivity contribution in [1.29, 1.82) is 5.26 Å². The van der Waals surface area contributed by atoms with Crippen molar-refractivity contribution >= 4 is 16.7 Å². The Morgan fingerprint density at radius 2 is 1.78 bits per heavy atom. The minimum Gasteiger partial charge on any atom is -0.469 e. The summed E-state index contributed by atoms with van der Waals surface area (Å²) in [5.41, 5.74) is -0.790. The van der Waals surface area contributed by atoms with E-state index in [1.165, 1.54) is 0 Å². The van der Waals surface area contributed by atoms with Crippen LogP contribution in [0.4, 0.5) is 18.9 Å². The van der Waals surface area contributed by atoms with Gasteiger partial charge in [0.2, 0.25) is 5.88 Å². The van der Waals surface area contributed by atoms with Crippen LogP contribution in [0.5, 0.6) is 5.88 Å². The molecule has 9 nitrogen and oxygen atoms in total. The van der Waals surface area contributed by atoms with Gasteiger partial charge in [-0.25, -0.2) is 18.2 Å². The summed E-state index contributed by atoms with van der Waals surface area (Å²) in [5.74, 6) is -2.92. The number of nitriles is 1. The van der Waals surface area contributed by atoms with E-state index in [9.17, 15) is 10.4 Å². The fourth-order valence-electron chi connectivity index (χ4n) is 4.92. The van der Waals surface area contributed by atoms with Crippen LogP contribution in [0.15, 0.2) is 18.2 Å². The number of morpholine rings is 1. The number of nitrogens with zero attached hydrogens (tertiary/aromatic N) is 3. The molecule has 0 spiro atoms. The van der Waals surface area contributed by atoms with Gasteiger partial charge < -0.3 is 33.9 Å². The summed E-state index contributed by atoms with van der Waals surface area (Å²) in [6.45, 7) is 2.05. The molecule has 6 rings (SSSR count). The number of pyridine rings is 1. The molecule has 0 saturated carbocycles. The van der Waals surface area contributed by atoms with E-state index in [0.717, 1.165) is 18.2 Å². The second-order valence-electron chi connectivity index (χ2n) is 8.86. The van der Waals surface area contributed by atoms with Crippen LogP contribution >= 0.6 is 0 Å². The molecule has 3 saturated heterocycles. The van der Waals surface area contributed by atoms with E-state index in [0.29, 0.717) is 32.0 Å². The Hall–Kier alpha value is -3.37. The van der Waals surface area contributed by atoms with Crippen LogP contribution in [0.3, 0.4) is 0 Å². The lowest BCUT2D eigenvalue weighted by Crippen LogP contribution is -2.36. The maximum absolute atomic E-state index is 15.1. The summed E-state index contributed by atoms with van der Waals surface area (Å²) in [7, 11) is 0. The average molecular weight is 502 g/mol. The molecule has 12 heteroatoms. The van der Waals surface area contributed by atoms with Crippen LogP contribution in [0.2, 0.25) is 0 Å². The molecule has 2 N–H and O–H groups in total. The summed E-state index contributed by atoms with van der Waals surface area (Å²) < 4.78 is 67.5. The predicted octanol–water partition coefficient (Wildman–Crippen LogP) is 2.26. The van der Waals surface area contributed by atoms with Crippen LogP contribution in [-0.2, 0) is 14.2 Å². The molecular weight excluding hydrogens is 481 g/mol. The van der Waals surface area contributed by atoms with E-state index in [2.05, 4.69) is 9.97 Å². The Kier molecular flexibility index (Phi) is 5.72. The fourth-order valence-corrected chi connectivity index (χ4v) is 4.92. The first kappa shape index (κ1) is 23.1. The van der Waals surface area contributed by atoms with Gasteiger partial charge >= 0.3 is 0 Å². The lowest BCUT2D eigenvalue weighted by Gasteiger charge is -2.29. The first-order valence-corrected chi connectivity index (χ1v) is 11.5. The van der Waals surface area contributed by atoms with E-state index >= 15 is 13.2 Å². The van der Waals surface area contributed by atoms with Crippen molar-refractivity contribution in [2.75, 3.05) is 44.4 Å². The summed E-state index contributed by atoms with van der Waals surface area (Å²) in [5, 5.41) is 19.7. The molecule has 3 aliphatic heterocycles. The topological polar surface area (TPSA) is 113 Å². The molecule has 4 atom stereocenters. The van der Waals surface area contributed by atoms with Crippen molar-refractivity contribution < 1.29 is 37.2 Å². The van der Waals surface area contributed by atoms with Gasteiger partial charge in [0.25, 0.3) is 0 Å². The molecule has 1 aromatic carbocycles. The quantitative estimate of drug-likeness (QED) is 0.559. The van der Waals surface area contributed by atoms with Gasteiger partial charge in [-0.3, -0.25) is 0 Å². The number of hydrogen-bond donors (Lipinski definition) is 2. The Morgan fingerprint density at radius 1 is 1.06 bits per heavy atom. The van der Waals surface area contributed by atoms with E-state index in [4.69, 9.17) is 18.9 Å². The van der Waals surface area contributed by atoms with E-state index in [1.54, 1.807) is 4.90 Å². The zero-order chi connectivity index (χ0) is 25.0. The van der Waals surface area contributed by atoms with Gasteiger partial charge in [-0.2, -0.15) is 5.26 Å². The molecule has 0 aliphatic carbocycles. The molecule has 3 fully saturated rings. The Balaban J connectivity index is 1.36. The molecule has 3 aromatic rings. The zero-order valence-corrected chi connectivity index (χ0v) is 18.8. The number of hydrogen-bond acceptors (Lipinski definition) is 8.